The highest BCUT2D eigenvalue weighted by molar-refractivity contribution is 6.30. The molecule has 0 aromatic heterocycles. The summed E-state index contributed by atoms with van der Waals surface area (Å²) in [4.78, 5) is 12.6. The number of nitrogens with one attached hydrogen (secondary N) is 1. The maximum Gasteiger partial charge on any atom is 0.230 e. The number of amides is 1. The molecule has 3 nitrogen and oxygen atoms in total. The fourth-order valence-electron chi connectivity index (χ4n) is 2.86. The number of halogens is 2. The van der Waals surface area contributed by atoms with Crippen molar-refractivity contribution in [3.63, 3.8) is 0 Å². The van der Waals surface area contributed by atoms with E-state index in [1.807, 2.05) is 38.1 Å². The Hall–Kier alpha value is -0.770. The molecule has 1 amide bonds. The molecule has 5 heteroatoms. The third-order valence-corrected chi connectivity index (χ3v) is 4.66. The van der Waals surface area contributed by atoms with Crippen LogP contribution >= 0.6 is 24.0 Å². The molecular formula is C16H24Cl2N2O. The number of hydrogen-bond acceptors (Lipinski definition) is 2. The number of carbonyl (C=O) groups is 1. The molecule has 0 saturated heterocycles. The summed E-state index contributed by atoms with van der Waals surface area (Å²) in [5.41, 5.74) is 6.18. The lowest BCUT2D eigenvalue weighted by Crippen LogP contribution is -2.47. The van der Waals surface area contributed by atoms with Gasteiger partial charge in [0.05, 0.1) is 5.41 Å². The smallest absolute Gasteiger partial charge is 0.230 e. The van der Waals surface area contributed by atoms with Crippen LogP contribution in [0.15, 0.2) is 24.3 Å². The van der Waals surface area contributed by atoms with Crippen molar-refractivity contribution in [2.45, 2.75) is 44.6 Å². The van der Waals surface area contributed by atoms with Crippen LogP contribution in [0.1, 0.15) is 38.7 Å². The average molecular weight is 331 g/mol. The van der Waals surface area contributed by atoms with Gasteiger partial charge >= 0.3 is 0 Å². The predicted octanol–water partition coefficient (Wildman–Crippen LogP) is 3.28. The van der Waals surface area contributed by atoms with Crippen molar-refractivity contribution in [1.29, 1.82) is 0 Å². The minimum absolute atomic E-state index is 0. The van der Waals surface area contributed by atoms with Gasteiger partial charge in [-0.25, -0.2) is 0 Å². The normalized spacial score (nSPS) is 21.7. The van der Waals surface area contributed by atoms with Gasteiger partial charge < -0.3 is 11.1 Å². The van der Waals surface area contributed by atoms with Gasteiger partial charge in [0, 0.05) is 11.1 Å². The van der Waals surface area contributed by atoms with E-state index >= 15 is 0 Å². The molecular weight excluding hydrogens is 307 g/mol. The molecule has 0 bridgehead atoms. The highest BCUT2D eigenvalue weighted by atomic mass is 35.5. The Morgan fingerprint density at radius 3 is 2.52 bits per heavy atom. The molecule has 1 saturated carbocycles. The van der Waals surface area contributed by atoms with Gasteiger partial charge in [0.1, 0.15) is 0 Å². The fourth-order valence-corrected chi connectivity index (χ4v) is 2.98. The van der Waals surface area contributed by atoms with Gasteiger partial charge in [-0.15, -0.1) is 12.4 Å². The van der Waals surface area contributed by atoms with Gasteiger partial charge in [-0.3, -0.25) is 4.79 Å². The van der Waals surface area contributed by atoms with Crippen molar-refractivity contribution in [1.82, 2.24) is 5.32 Å². The highest BCUT2D eigenvalue weighted by Gasteiger charge is 2.34. The summed E-state index contributed by atoms with van der Waals surface area (Å²) in [7, 11) is 0. The molecule has 2 atom stereocenters. The molecule has 0 spiro atoms. The number of hydrogen-bond donors (Lipinski definition) is 2. The maximum atomic E-state index is 12.6. The summed E-state index contributed by atoms with van der Waals surface area (Å²) in [6.07, 6.45) is 3.29. The van der Waals surface area contributed by atoms with E-state index in [0.717, 1.165) is 24.8 Å². The van der Waals surface area contributed by atoms with E-state index in [-0.39, 0.29) is 24.4 Å². The summed E-state index contributed by atoms with van der Waals surface area (Å²) < 4.78 is 0. The van der Waals surface area contributed by atoms with Crippen molar-refractivity contribution in [2.24, 2.45) is 11.7 Å². The second-order valence-corrected chi connectivity index (χ2v) is 6.57. The molecule has 1 aliphatic rings. The van der Waals surface area contributed by atoms with Crippen LogP contribution < -0.4 is 11.1 Å². The molecule has 1 aromatic rings. The van der Waals surface area contributed by atoms with Gasteiger partial charge in [-0.1, -0.05) is 30.2 Å². The second kappa shape index (κ2) is 7.48. The first-order chi connectivity index (χ1) is 9.45. The van der Waals surface area contributed by atoms with Crippen molar-refractivity contribution < 1.29 is 4.79 Å². The maximum absolute atomic E-state index is 12.6. The van der Waals surface area contributed by atoms with Gasteiger partial charge in [0.15, 0.2) is 0 Å². The lowest BCUT2D eigenvalue weighted by atomic mass is 9.83. The standard InChI is InChI=1S/C16H23ClN2O.ClH/c1-16(2,12-6-8-13(17)9-7-12)15(20)19-14-5-3-4-11(14)10-18;/h6-9,11,14H,3-5,10,18H2,1-2H3,(H,19,20);1H. The monoisotopic (exact) mass is 330 g/mol. The van der Waals surface area contributed by atoms with Crippen molar-refractivity contribution in [2.75, 3.05) is 6.54 Å². The zero-order valence-electron chi connectivity index (χ0n) is 12.6. The molecule has 21 heavy (non-hydrogen) atoms. The quantitative estimate of drug-likeness (QED) is 0.890. The summed E-state index contributed by atoms with van der Waals surface area (Å²) in [5.74, 6) is 0.477. The van der Waals surface area contributed by atoms with Crippen LogP contribution in [-0.2, 0) is 10.2 Å². The lowest BCUT2D eigenvalue weighted by Gasteiger charge is -2.28. The van der Waals surface area contributed by atoms with E-state index in [1.54, 1.807) is 0 Å². The largest absolute Gasteiger partial charge is 0.352 e. The Morgan fingerprint density at radius 2 is 1.95 bits per heavy atom. The zero-order valence-corrected chi connectivity index (χ0v) is 14.1. The van der Waals surface area contributed by atoms with Gasteiger partial charge in [0.2, 0.25) is 5.91 Å². The second-order valence-electron chi connectivity index (χ2n) is 6.14. The SMILES string of the molecule is CC(C)(C(=O)NC1CCCC1CN)c1ccc(Cl)cc1.Cl. The molecule has 0 radical (unpaired) electrons. The van der Waals surface area contributed by atoms with E-state index in [9.17, 15) is 4.79 Å². The third-order valence-electron chi connectivity index (χ3n) is 4.41. The van der Waals surface area contributed by atoms with Crippen molar-refractivity contribution in [3.8, 4) is 0 Å². The van der Waals surface area contributed by atoms with E-state index in [0.29, 0.717) is 17.5 Å². The van der Waals surface area contributed by atoms with Gasteiger partial charge in [-0.2, -0.15) is 0 Å². The average Bonchev–Trinajstić information content (AvgIpc) is 2.86. The number of rotatable bonds is 4. The number of benzene rings is 1. The Kier molecular flexibility index (Phi) is 6.51. The number of nitrogens with two attached hydrogens (primary N) is 1. The van der Waals surface area contributed by atoms with E-state index in [4.69, 9.17) is 17.3 Å². The molecule has 1 aromatic carbocycles. The van der Waals surface area contributed by atoms with E-state index < -0.39 is 5.41 Å². The molecule has 3 N–H and O–H groups in total. The Labute approximate surface area is 138 Å². The van der Waals surface area contributed by atoms with Crippen LogP contribution in [0.5, 0.6) is 0 Å². The molecule has 0 aliphatic heterocycles. The Balaban J connectivity index is 0.00000220. The first kappa shape index (κ1) is 18.3. The van der Waals surface area contributed by atoms with Crippen LogP contribution in [0.4, 0.5) is 0 Å². The van der Waals surface area contributed by atoms with Crippen LogP contribution in [0.25, 0.3) is 0 Å². The minimum Gasteiger partial charge on any atom is -0.352 e. The molecule has 1 aliphatic carbocycles. The summed E-state index contributed by atoms with van der Waals surface area (Å²) in [6.45, 7) is 4.53. The molecule has 0 heterocycles. The van der Waals surface area contributed by atoms with E-state index in [2.05, 4.69) is 5.32 Å². The summed E-state index contributed by atoms with van der Waals surface area (Å²) in [6, 6.07) is 7.70. The topological polar surface area (TPSA) is 55.1 Å². The Morgan fingerprint density at radius 1 is 1.33 bits per heavy atom. The predicted molar refractivity (Wildman–Crippen MR) is 90.1 cm³/mol. The summed E-state index contributed by atoms with van der Waals surface area (Å²) >= 11 is 5.90. The van der Waals surface area contributed by atoms with Crippen LogP contribution in [0, 0.1) is 5.92 Å². The molecule has 2 rings (SSSR count). The summed E-state index contributed by atoms with van der Waals surface area (Å²) in [5, 5.41) is 3.87. The van der Waals surface area contributed by atoms with Gasteiger partial charge in [0.25, 0.3) is 0 Å². The van der Waals surface area contributed by atoms with Crippen LogP contribution in [0.2, 0.25) is 5.02 Å². The Bertz CT molecular complexity index is 474. The first-order valence-corrected chi connectivity index (χ1v) is 7.60. The van der Waals surface area contributed by atoms with Gasteiger partial charge in [-0.05, 0) is 56.8 Å². The van der Waals surface area contributed by atoms with Crippen LogP contribution in [0.3, 0.4) is 0 Å². The molecule has 118 valence electrons. The molecule has 2 unspecified atom stereocenters. The lowest BCUT2D eigenvalue weighted by molar-refractivity contribution is -0.126. The molecule has 1 fully saturated rings. The fraction of sp³-hybridized carbons (Fsp3) is 0.562. The first-order valence-electron chi connectivity index (χ1n) is 7.22. The van der Waals surface area contributed by atoms with Crippen molar-refractivity contribution >= 4 is 29.9 Å². The van der Waals surface area contributed by atoms with E-state index in [1.165, 1.54) is 0 Å². The third kappa shape index (κ3) is 4.12. The number of carbonyl (C=O) groups excluding carboxylic acids is 1. The zero-order chi connectivity index (χ0) is 14.8. The van der Waals surface area contributed by atoms with Crippen LogP contribution in [-0.4, -0.2) is 18.5 Å². The minimum atomic E-state index is -0.563. The van der Waals surface area contributed by atoms with Crippen molar-refractivity contribution in [3.05, 3.63) is 34.9 Å². The highest BCUT2D eigenvalue weighted by Crippen LogP contribution is 2.28.